The van der Waals surface area contributed by atoms with Gasteiger partial charge in [-0.2, -0.15) is 0 Å². The maximum Gasteiger partial charge on any atom is 0.414 e. The third kappa shape index (κ3) is 6.04. The van der Waals surface area contributed by atoms with Gasteiger partial charge in [0, 0.05) is 10.3 Å². The van der Waals surface area contributed by atoms with E-state index in [-0.39, 0.29) is 17.6 Å². The van der Waals surface area contributed by atoms with Gasteiger partial charge >= 0.3 is 11.9 Å². The summed E-state index contributed by atoms with van der Waals surface area (Å²) in [6.45, 7) is 6.47. The second-order valence-electron chi connectivity index (χ2n) is 7.53. The van der Waals surface area contributed by atoms with E-state index in [4.69, 9.17) is 30.3 Å². The minimum absolute atomic E-state index is 0.0424. The van der Waals surface area contributed by atoms with Crippen molar-refractivity contribution in [3.8, 4) is 5.75 Å². The summed E-state index contributed by atoms with van der Waals surface area (Å²) >= 11 is 1.70. The molecule has 0 amide bonds. The van der Waals surface area contributed by atoms with Crippen LogP contribution in [0.1, 0.15) is 31.8 Å². The van der Waals surface area contributed by atoms with Gasteiger partial charge in [-0.1, -0.05) is 63.2 Å². The molecule has 1 heterocycles. The van der Waals surface area contributed by atoms with Gasteiger partial charge in [-0.15, -0.1) is 11.3 Å². The average molecular weight is 416 g/mol. The lowest BCUT2D eigenvalue weighted by Crippen LogP contribution is -2.42. The second-order valence-corrected chi connectivity index (χ2v) is 8.51. The first-order valence-electron chi connectivity index (χ1n) is 9.01. The number of carboxylic acids is 2. The number of benzene rings is 2. The Labute approximate surface area is 173 Å². The Hall–Kier alpha value is -2.90. The number of hydrogen-bond acceptors (Lipinski definition) is 5. The Kier molecular flexibility index (Phi) is 7.36. The zero-order chi connectivity index (χ0) is 21.6. The van der Waals surface area contributed by atoms with Gasteiger partial charge in [0.15, 0.2) is 0 Å². The van der Waals surface area contributed by atoms with Gasteiger partial charge in [-0.25, -0.2) is 9.59 Å². The molecule has 0 fully saturated rings. The van der Waals surface area contributed by atoms with E-state index < -0.39 is 11.9 Å². The molecule has 0 aliphatic heterocycles. The minimum atomic E-state index is -1.82. The molecule has 0 saturated carbocycles. The molecule has 6 nitrogen and oxygen atoms in total. The summed E-state index contributed by atoms with van der Waals surface area (Å²) < 4.78 is 6.45. The molecule has 2 aromatic carbocycles. The predicted molar refractivity (Wildman–Crippen MR) is 114 cm³/mol. The molecule has 29 heavy (non-hydrogen) atoms. The van der Waals surface area contributed by atoms with Crippen LogP contribution in [0.5, 0.6) is 5.75 Å². The quantitative estimate of drug-likeness (QED) is 0.539. The highest BCUT2D eigenvalue weighted by atomic mass is 32.1. The number of aliphatic carboxylic acids is 2. The van der Waals surface area contributed by atoms with Crippen LogP contribution in [0.4, 0.5) is 0 Å². The van der Waals surface area contributed by atoms with E-state index >= 15 is 0 Å². The monoisotopic (exact) mass is 415 g/mol. The highest BCUT2D eigenvalue weighted by Crippen LogP contribution is 2.36. The van der Waals surface area contributed by atoms with E-state index in [1.165, 1.54) is 10.3 Å². The lowest BCUT2D eigenvalue weighted by Gasteiger charge is -2.34. The van der Waals surface area contributed by atoms with Gasteiger partial charge in [0.05, 0.1) is 6.04 Å². The first kappa shape index (κ1) is 22.4. The van der Waals surface area contributed by atoms with Crippen LogP contribution in [0.25, 0.3) is 10.8 Å². The summed E-state index contributed by atoms with van der Waals surface area (Å²) in [6, 6.07) is 18.5. The first-order valence-corrected chi connectivity index (χ1v) is 9.89. The summed E-state index contributed by atoms with van der Waals surface area (Å²) in [7, 11) is 0. The summed E-state index contributed by atoms with van der Waals surface area (Å²) in [5, 5.41) is 19.2. The van der Waals surface area contributed by atoms with Crippen molar-refractivity contribution in [2.75, 3.05) is 0 Å². The van der Waals surface area contributed by atoms with Crippen LogP contribution in [0.2, 0.25) is 0 Å². The third-order valence-corrected chi connectivity index (χ3v) is 5.27. The summed E-state index contributed by atoms with van der Waals surface area (Å²) in [6.07, 6.45) is -0.152. The molecule has 4 N–H and O–H groups in total. The fourth-order valence-corrected chi connectivity index (χ4v) is 3.45. The zero-order valence-electron chi connectivity index (χ0n) is 16.5. The van der Waals surface area contributed by atoms with E-state index in [9.17, 15) is 0 Å². The number of rotatable bonds is 4. The normalized spacial score (nSPS) is 13.1. The molecule has 0 bridgehead atoms. The average Bonchev–Trinajstić information content (AvgIpc) is 3.20. The van der Waals surface area contributed by atoms with E-state index in [1.54, 1.807) is 11.3 Å². The highest BCUT2D eigenvalue weighted by molar-refractivity contribution is 7.10. The van der Waals surface area contributed by atoms with Crippen molar-refractivity contribution in [3.63, 3.8) is 0 Å². The highest BCUT2D eigenvalue weighted by Gasteiger charge is 2.32. The Morgan fingerprint density at radius 3 is 2.14 bits per heavy atom. The molecule has 0 aliphatic carbocycles. The van der Waals surface area contributed by atoms with Crippen molar-refractivity contribution in [2.45, 2.75) is 32.9 Å². The van der Waals surface area contributed by atoms with Gasteiger partial charge in [0.25, 0.3) is 0 Å². The third-order valence-electron chi connectivity index (χ3n) is 4.34. The van der Waals surface area contributed by atoms with Gasteiger partial charge < -0.3 is 20.7 Å². The second kappa shape index (κ2) is 9.54. The van der Waals surface area contributed by atoms with Crippen molar-refractivity contribution in [2.24, 2.45) is 11.1 Å². The number of ether oxygens (including phenoxy) is 1. The van der Waals surface area contributed by atoms with Crippen LogP contribution in [-0.4, -0.2) is 28.2 Å². The molecule has 2 unspecified atom stereocenters. The van der Waals surface area contributed by atoms with E-state index in [0.717, 1.165) is 11.1 Å². The molecule has 1 aromatic heterocycles. The molecule has 2 atom stereocenters. The molecule has 0 radical (unpaired) electrons. The molecular weight excluding hydrogens is 390 g/mol. The number of carboxylic acid groups (broad SMARTS) is 2. The summed E-state index contributed by atoms with van der Waals surface area (Å²) in [5.74, 6) is -2.76. The number of nitrogens with two attached hydrogens (primary N) is 1. The lowest BCUT2D eigenvalue weighted by molar-refractivity contribution is -0.159. The molecular formula is C22H25NO5S. The van der Waals surface area contributed by atoms with E-state index in [0.29, 0.717) is 0 Å². The number of hydrogen-bond donors (Lipinski definition) is 3. The number of thiophene rings is 1. The van der Waals surface area contributed by atoms with Crippen molar-refractivity contribution in [3.05, 3.63) is 64.9 Å². The maximum atomic E-state index is 9.10. The van der Waals surface area contributed by atoms with Crippen molar-refractivity contribution < 1.29 is 24.5 Å². The molecule has 3 aromatic rings. The molecule has 7 heteroatoms. The fourth-order valence-electron chi connectivity index (χ4n) is 2.65. The Morgan fingerprint density at radius 2 is 1.59 bits per heavy atom. The predicted octanol–water partition coefficient (Wildman–Crippen LogP) is 4.55. The first-order chi connectivity index (χ1) is 13.6. The molecule has 3 rings (SSSR count). The molecule has 154 valence electrons. The largest absolute Gasteiger partial charge is 0.483 e. The summed E-state index contributed by atoms with van der Waals surface area (Å²) in [4.78, 5) is 19.4. The molecule has 0 aliphatic rings. The Balaban J connectivity index is 0.000000438. The topological polar surface area (TPSA) is 110 Å². The van der Waals surface area contributed by atoms with E-state index in [1.807, 2.05) is 24.3 Å². The van der Waals surface area contributed by atoms with Gasteiger partial charge in [0.1, 0.15) is 11.9 Å². The van der Waals surface area contributed by atoms with E-state index in [2.05, 4.69) is 56.5 Å². The van der Waals surface area contributed by atoms with Crippen LogP contribution >= 0.6 is 11.3 Å². The number of fused-ring (bicyclic) bond motifs is 1. The molecule has 0 saturated heterocycles. The maximum absolute atomic E-state index is 9.10. The van der Waals surface area contributed by atoms with Gasteiger partial charge in [-0.3, -0.25) is 0 Å². The summed E-state index contributed by atoms with van der Waals surface area (Å²) in [5.41, 5.74) is 6.52. The van der Waals surface area contributed by atoms with Crippen molar-refractivity contribution in [1.29, 1.82) is 0 Å². The number of carbonyl (C=O) groups is 2. The van der Waals surface area contributed by atoms with Gasteiger partial charge in [-0.05, 0) is 28.3 Å². The lowest BCUT2D eigenvalue weighted by atomic mass is 9.83. The smallest absolute Gasteiger partial charge is 0.414 e. The van der Waals surface area contributed by atoms with Crippen molar-refractivity contribution in [1.82, 2.24) is 0 Å². The van der Waals surface area contributed by atoms with Crippen LogP contribution in [0.3, 0.4) is 0 Å². The fraction of sp³-hybridized carbons (Fsp3) is 0.273. The zero-order valence-corrected chi connectivity index (χ0v) is 17.3. The van der Waals surface area contributed by atoms with Crippen molar-refractivity contribution >= 4 is 34.0 Å². The minimum Gasteiger partial charge on any atom is -0.483 e. The van der Waals surface area contributed by atoms with Gasteiger partial charge in [0.2, 0.25) is 0 Å². The molecule has 0 spiro atoms. The Bertz CT molecular complexity index is 945. The standard InChI is InChI=1S/C20H23NOS.C2H2O4/c1-20(2,3)19(21)18(17-12-7-13-23-17)22-16-11-6-9-14-8-4-5-10-15(14)16;3-1(4)2(5)6/h4-13,18-19H,21H2,1-3H3;(H,3,4)(H,5,6). The van der Waals surface area contributed by atoms with Crippen LogP contribution in [-0.2, 0) is 9.59 Å². The van der Waals surface area contributed by atoms with Crippen LogP contribution in [0, 0.1) is 5.41 Å². The Morgan fingerprint density at radius 1 is 0.966 bits per heavy atom. The van der Waals surface area contributed by atoms with Crippen LogP contribution < -0.4 is 10.5 Å². The SMILES string of the molecule is CC(C)(C)C(N)C(Oc1cccc2ccccc12)c1cccs1.O=C(O)C(=O)O. The van der Waals surface area contributed by atoms with Crippen LogP contribution in [0.15, 0.2) is 60.0 Å².